The molecule has 0 heterocycles. The van der Waals surface area contributed by atoms with Gasteiger partial charge in [0.15, 0.2) is 5.78 Å². The summed E-state index contributed by atoms with van der Waals surface area (Å²) in [4.78, 5) is 33.8. The minimum Gasteiger partial charge on any atom is -0.497 e. The standard InChI is InChI=1S/C13H14FNO5/c1-20-9-4-2-3-8(5-9)13(19)15-10(6-12(17)18)11(16)7-14/h2-5,10H,6-7H2,1H3,(H,15,19)(H,17,18). The summed E-state index contributed by atoms with van der Waals surface area (Å²) in [6.07, 6.45) is -0.668. The van der Waals surface area contributed by atoms with Crippen molar-refractivity contribution in [3.63, 3.8) is 0 Å². The molecule has 0 bridgehead atoms. The second-order valence-electron chi connectivity index (χ2n) is 3.96. The Bertz CT molecular complexity index is 517. The van der Waals surface area contributed by atoms with Crippen molar-refractivity contribution in [2.24, 2.45) is 0 Å². The number of Topliss-reactive ketones (excluding diaryl/α,β-unsaturated/α-hetero) is 1. The summed E-state index contributed by atoms with van der Waals surface area (Å²) in [5.74, 6) is -2.52. The number of amides is 1. The zero-order valence-corrected chi connectivity index (χ0v) is 10.8. The maximum absolute atomic E-state index is 12.3. The zero-order chi connectivity index (χ0) is 15.1. The fourth-order valence-corrected chi connectivity index (χ4v) is 1.52. The predicted octanol–water partition coefficient (Wildman–Crippen LogP) is 0.807. The molecule has 2 N–H and O–H groups in total. The lowest BCUT2D eigenvalue weighted by atomic mass is 10.1. The van der Waals surface area contributed by atoms with Gasteiger partial charge < -0.3 is 15.2 Å². The first-order chi connectivity index (χ1) is 9.47. The van der Waals surface area contributed by atoms with Gasteiger partial charge in [-0.05, 0) is 18.2 Å². The first-order valence-electron chi connectivity index (χ1n) is 5.73. The summed E-state index contributed by atoms with van der Waals surface area (Å²) in [6, 6.07) is 4.69. The number of rotatable bonds is 7. The van der Waals surface area contributed by atoms with Crippen LogP contribution in [-0.2, 0) is 9.59 Å². The smallest absolute Gasteiger partial charge is 0.305 e. The van der Waals surface area contributed by atoms with Gasteiger partial charge >= 0.3 is 5.97 Å². The van der Waals surface area contributed by atoms with Gasteiger partial charge in [-0.25, -0.2) is 4.39 Å². The molecule has 1 aromatic carbocycles. The number of ketones is 1. The molecule has 1 unspecified atom stereocenters. The van der Waals surface area contributed by atoms with Crippen molar-refractivity contribution in [1.82, 2.24) is 5.32 Å². The number of carbonyl (C=O) groups excluding carboxylic acids is 2. The van der Waals surface area contributed by atoms with Gasteiger partial charge in [0, 0.05) is 5.56 Å². The quantitative estimate of drug-likeness (QED) is 0.772. The summed E-state index contributed by atoms with van der Waals surface area (Å²) in [7, 11) is 1.43. The van der Waals surface area contributed by atoms with Crippen LogP contribution in [0.15, 0.2) is 24.3 Å². The van der Waals surface area contributed by atoms with E-state index in [9.17, 15) is 18.8 Å². The number of carboxylic acid groups (broad SMARTS) is 1. The molecule has 108 valence electrons. The third kappa shape index (κ3) is 4.34. The van der Waals surface area contributed by atoms with E-state index in [1.54, 1.807) is 12.1 Å². The lowest BCUT2D eigenvalue weighted by molar-refractivity contribution is -0.139. The van der Waals surface area contributed by atoms with E-state index < -0.39 is 36.8 Å². The maximum Gasteiger partial charge on any atom is 0.305 e. The third-order valence-corrected chi connectivity index (χ3v) is 2.54. The highest BCUT2D eigenvalue weighted by atomic mass is 19.1. The van der Waals surface area contributed by atoms with E-state index >= 15 is 0 Å². The van der Waals surface area contributed by atoms with Crippen molar-refractivity contribution >= 4 is 17.7 Å². The van der Waals surface area contributed by atoms with Crippen molar-refractivity contribution in [1.29, 1.82) is 0 Å². The summed E-state index contributed by atoms with van der Waals surface area (Å²) in [5.41, 5.74) is 0.186. The molecule has 0 radical (unpaired) electrons. The van der Waals surface area contributed by atoms with E-state index in [2.05, 4.69) is 5.32 Å². The molecule has 0 fully saturated rings. The lowest BCUT2D eigenvalue weighted by Gasteiger charge is -2.14. The Balaban J connectivity index is 2.84. The fraction of sp³-hybridized carbons (Fsp3) is 0.308. The van der Waals surface area contributed by atoms with E-state index in [1.165, 1.54) is 19.2 Å². The largest absolute Gasteiger partial charge is 0.497 e. The van der Waals surface area contributed by atoms with E-state index in [4.69, 9.17) is 9.84 Å². The number of alkyl halides is 1. The Labute approximate surface area is 114 Å². The van der Waals surface area contributed by atoms with Crippen LogP contribution in [0, 0.1) is 0 Å². The number of aliphatic carboxylic acids is 1. The van der Waals surface area contributed by atoms with Crippen molar-refractivity contribution < 1.29 is 28.6 Å². The molecule has 0 aliphatic carbocycles. The third-order valence-electron chi connectivity index (χ3n) is 2.54. The second kappa shape index (κ2) is 7.22. The van der Waals surface area contributed by atoms with Crippen molar-refractivity contribution in [3.05, 3.63) is 29.8 Å². The molecule has 1 rings (SSSR count). The molecule has 0 aliphatic rings. The van der Waals surface area contributed by atoms with Crippen LogP contribution in [0.3, 0.4) is 0 Å². The molecule has 20 heavy (non-hydrogen) atoms. The maximum atomic E-state index is 12.3. The van der Waals surface area contributed by atoms with Crippen LogP contribution in [0.1, 0.15) is 16.8 Å². The molecule has 1 aromatic rings. The van der Waals surface area contributed by atoms with Gasteiger partial charge in [-0.3, -0.25) is 14.4 Å². The molecule has 6 nitrogen and oxygen atoms in total. The Morgan fingerprint density at radius 3 is 2.65 bits per heavy atom. The normalized spacial score (nSPS) is 11.5. The molecule has 1 amide bonds. The van der Waals surface area contributed by atoms with Crippen molar-refractivity contribution in [2.45, 2.75) is 12.5 Å². The minimum atomic E-state index is -1.39. The number of carboxylic acids is 1. The number of halogens is 1. The molecule has 0 spiro atoms. The second-order valence-corrected chi connectivity index (χ2v) is 3.96. The monoisotopic (exact) mass is 283 g/mol. The van der Waals surface area contributed by atoms with E-state index in [1.807, 2.05) is 0 Å². The van der Waals surface area contributed by atoms with E-state index in [0.717, 1.165) is 0 Å². The molecule has 0 saturated heterocycles. The number of ether oxygens (including phenoxy) is 1. The summed E-state index contributed by atoms with van der Waals surface area (Å²) in [6.45, 7) is -1.34. The number of hydrogen-bond donors (Lipinski definition) is 2. The minimum absolute atomic E-state index is 0.186. The number of hydrogen-bond acceptors (Lipinski definition) is 4. The fourth-order valence-electron chi connectivity index (χ4n) is 1.52. The van der Waals surface area contributed by atoms with Crippen LogP contribution in [0.2, 0.25) is 0 Å². The summed E-state index contributed by atoms with van der Waals surface area (Å²) >= 11 is 0. The Hall–Kier alpha value is -2.44. The summed E-state index contributed by atoms with van der Waals surface area (Å²) < 4.78 is 17.3. The molecular weight excluding hydrogens is 269 g/mol. The first-order valence-corrected chi connectivity index (χ1v) is 5.73. The summed E-state index contributed by atoms with van der Waals surface area (Å²) in [5, 5.41) is 10.8. The number of nitrogens with one attached hydrogen (secondary N) is 1. The number of carbonyl (C=O) groups is 3. The van der Waals surface area contributed by atoms with E-state index in [-0.39, 0.29) is 5.56 Å². The number of benzene rings is 1. The van der Waals surface area contributed by atoms with Gasteiger partial charge in [0.1, 0.15) is 18.5 Å². The van der Waals surface area contributed by atoms with Crippen LogP contribution in [-0.4, -0.2) is 42.6 Å². The highest BCUT2D eigenvalue weighted by Gasteiger charge is 2.24. The van der Waals surface area contributed by atoms with Crippen LogP contribution >= 0.6 is 0 Å². The van der Waals surface area contributed by atoms with Gasteiger partial charge in [0.25, 0.3) is 5.91 Å². The molecular formula is C13H14FNO5. The molecule has 7 heteroatoms. The Morgan fingerprint density at radius 1 is 1.40 bits per heavy atom. The van der Waals surface area contributed by atoms with Gasteiger partial charge in [-0.1, -0.05) is 6.07 Å². The van der Waals surface area contributed by atoms with E-state index in [0.29, 0.717) is 5.75 Å². The Morgan fingerprint density at radius 2 is 2.10 bits per heavy atom. The van der Waals surface area contributed by atoms with Crippen LogP contribution in [0.4, 0.5) is 4.39 Å². The predicted molar refractivity (Wildman–Crippen MR) is 67.5 cm³/mol. The molecule has 0 saturated carbocycles. The topological polar surface area (TPSA) is 92.7 Å². The highest BCUT2D eigenvalue weighted by Crippen LogP contribution is 2.12. The molecule has 1 atom stereocenters. The molecule has 0 aromatic heterocycles. The lowest BCUT2D eigenvalue weighted by Crippen LogP contribution is -2.43. The van der Waals surface area contributed by atoms with Gasteiger partial charge in [-0.15, -0.1) is 0 Å². The van der Waals surface area contributed by atoms with Gasteiger partial charge in [-0.2, -0.15) is 0 Å². The Kier molecular flexibility index (Phi) is 5.64. The van der Waals surface area contributed by atoms with Crippen LogP contribution in [0.25, 0.3) is 0 Å². The average Bonchev–Trinajstić information content (AvgIpc) is 2.45. The van der Waals surface area contributed by atoms with Crippen molar-refractivity contribution in [3.8, 4) is 5.75 Å². The van der Waals surface area contributed by atoms with Crippen LogP contribution in [0.5, 0.6) is 5.75 Å². The first kappa shape index (κ1) is 15.6. The highest BCUT2D eigenvalue weighted by molar-refractivity contribution is 5.99. The van der Waals surface area contributed by atoms with Crippen LogP contribution < -0.4 is 10.1 Å². The molecule has 0 aliphatic heterocycles. The van der Waals surface area contributed by atoms with Gasteiger partial charge in [0.2, 0.25) is 0 Å². The average molecular weight is 283 g/mol. The SMILES string of the molecule is COc1cccc(C(=O)NC(CC(=O)O)C(=O)CF)c1. The van der Waals surface area contributed by atoms with Crippen molar-refractivity contribution in [2.75, 3.05) is 13.8 Å². The zero-order valence-electron chi connectivity index (χ0n) is 10.8. The number of methoxy groups -OCH3 is 1. The van der Waals surface area contributed by atoms with Gasteiger partial charge in [0.05, 0.1) is 13.5 Å².